The SMILES string of the molecule is O=C(C1CN(c2nccc3occc23)C1)N1CCOCC1. The topological polar surface area (TPSA) is 58.8 Å². The van der Waals surface area contributed by atoms with Crippen LogP contribution in [0.2, 0.25) is 0 Å². The van der Waals surface area contributed by atoms with E-state index in [9.17, 15) is 4.79 Å². The van der Waals surface area contributed by atoms with Crippen molar-refractivity contribution in [2.24, 2.45) is 5.92 Å². The van der Waals surface area contributed by atoms with Crippen molar-refractivity contribution in [1.82, 2.24) is 9.88 Å². The van der Waals surface area contributed by atoms with Crippen LogP contribution in [0.25, 0.3) is 11.0 Å². The van der Waals surface area contributed by atoms with Crippen LogP contribution in [0, 0.1) is 5.92 Å². The van der Waals surface area contributed by atoms with Crippen LogP contribution in [0.15, 0.2) is 29.0 Å². The van der Waals surface area contributed by atoms with Crippen LogP contribution in [-0.2, 0) is 9.53 Å². The van der Waals surface area contributed by atoms with Crippen molar-refractivity contribution in [3.63, 3.8) is 0 Å². The largest absolute Gasteiger partial charge is 0.464 e. The Morgan fingerprint density at radius 3 is 2.86 bits per heavy atom. The van der Waals surface area contributed by atoms with Gasteiger partial charge in [0.1, 0.15) is 11.4 Å². The Kier molecular flexibility index (Phi) is 3.03. The van der Waals surface area contributed by atoms with E-state index in [4.69, 9.17) is 9.15 Å². The van der Waals surface area contributed by atoms with E-state index >= 15 is 0 Å². The fourth-order valence-electron chi connectivity index (χ4n) is 2.98. The lowest BCUT2D eigenvalue weighted by Crippen LogP contribution is -2.56. The molecular formula is C15H17N3O3. The Bertz CT molecular complexity index is 657. The van der Waals surface area contributed by atoms with Gasteiger partial charge in [0.05, 0.1) is 30.8 Å². The highest BCUT2D eigenvalue weighted by molar-refractivity contribution is 5.90. The second kappa shape index (κ2) is 5.04. The number of ether oxygens (including phenoxy) is 1. The number of rotatable bonds is 2. The molecule has 0 aliphatic carbocycles. The molecule has 21 heavy (non-hydrogen) atoms. The molecule has 4 heterocycles. The molecule has 0 unspecified atom stereocenters. The Labute approximate surface area is 122 Å². The molecule has 0 spiro atoms. The molecule has 6 heteroatoms. The molecule has 2 saturated heterocycles. The lowest BCUT2D eigenvalue weighted by molar-refractivity contribution is -0.140. The number of anilines is 1. The minimum absolute atomic E-state index is 0.0760. The van der Waals surface area contributed by atoms with Gasteiger partial charge in [-0.3, -0.25) is 4.79 Å². The molecule has 0 aromatic carbocycles. The van der Waals surface area contributed by atoms with Gasteiger partial charge in [-0.2, -0.15) is 0 Å². The Morgan fingerprint density at radius 2 is 2.05 bits per heavy atom. The van der Waals surface area contributed by atoms with E-state index in [-0.39, 0.29) is 11.8 Å². The second-order valence-electron chi connectivity index (χ2n) is 5.51. The number of nitrogens with zero attached hydrogens (tertiary/aromatic N) is 3. The number of carbonyl (C=O) groups excluding carboxylic acids is 1. The summed E-state index contributed by atoms with van der Waals surface area (Å²) in [5.74, 6) is 1.23. The van der Waals surface area contributed by atoms with E-state index in [0.717, 1.165) is 29.9 Å². The quantitative estimate of drug-likeness (QED) is 0.828. The van der Waals surface area contributed by atoms with Crippen LogP contribution in [-0.4, -0.2) is 55.2 Å². The second-order valence-corrected chi connectivity index (χ2v) is 5.51. The van der Waals surface area contributed by atoms with Crippen molar-refractivity contribution in [2.45, 2.75) is 0 Å². The smallest absolute Gasteiger partial charge is 0.229 e. The molecule has 2 aliphatic rings. The molecular weight excluding hydrogens is 270 g/mol. The maximum Gasteiger partial charge on any atom is 0.229 e. The average Bonchev–Trinajstić information content (AvgIpc) is 2.96. The van der Waals surface area contributed by atoms with Gasteiger partial charge < -0.3 is 19.0 Å². The molecule has 2 fully saturated rings. The Morgan fingerprint density at radius 1 is 1.24 bits per heavy atom. The third-order valence-electron chi connectivity index (χ3n) is 4.21. The molecule has 2 aromatic heterocycles. The molecule has 0 atom stereocenters. The van der Waals surface area contributed by atoms with Gasteiger partial charge in [0.15, 0.2) is 0 Å². The van der Waals surface area contributed by atoms with E-state index in [1.54, 1.807) is 12.5 Å². The van der Waals surface area contributed by atoms with E-state index in [0.29, 0.717) is 26.3 Å². The molecule has 2 aliphatic heterocycles. The lowest BCUT2D eigenvalue weighted by atomic mass is 9.97. The summed E-state index contributed by atoms with van der Waals surface area (Å²) in [5, 5.41) is 1.01. The van der Waals surface area contributed by atoms with Gasteiger partial charge in [-0.05, 0) is 12.1 Å². The lowest BCUT2D eigenvalue weighted by Gasteiger charge is -2.42. The van der Waals surface area contributed by atoms with Gasteiger partial charge in [0, 0.05) is 32.4 Å². The number of aromatic nitrogens is 1. The Hall–Kier alpha value is -2.08. The summed E-state index contributed by atoms with van der Waals surface area (Å²) in [6, 6.07) is 3.78. The van der Waals surface area contributed by atoms with Gasteiger partial charge in [0.2, 0.25) is 5.91 Å². The zero-order chi connectivity index (χ0) is 14.2. The predicted molar refractivity (Wildman–Crippen MR) is 77.1 cm³/mol. The van der Waals surface area contributed by atoms with E-state index in [1.807, 2.05) is 17.0 Å². The maximum absolute atomic E-state index is 12.4. The molecule has 2 aromatic rings. The zero-order valence-corrected chi connectivity index (χ0v) is 11.7. The molecule has 110 valence electrons. The first-order chi connectivity index (χ1) is 10.3. The standard InChI is InChI=1S/C15H17N3O3/c19-15(17-4-7-20-8-5-17)11-9-18(10-11)14-12-2-6-21-13(12)1-3-16-14/h1-3,6,11H,4-5,7-10H2. The summed E-state index contributed by atoms with van der Waals surface area (Å²) in [4.78, 5) is 20.9. The van der Waals surface area contributed by atoms with Gasteiger partial charge in [-0.15, -0.1) is 0 Å². The monoisotopic (exact) mass is 287 g/mol. The number of furan rings is 1. The van der Waals surface area contributed by atoms with Crippen LogP contribution in [0.3, 0.4) is 0 Å². The van der Waals surface area contributed by atoms with Crippen molar-refractivity contribution in [3.05, 3.63) is 24.6 Å². The van der Waals surface area contributed by atoms with Crippen molar-refractivity contribution in [1.29, 1.82) is 0 Å². The highest BCUT2D eigenvalue weighted by Crippen LogP contribution is 2.31. The summed E-state index contributed by atoms with van der Waals surface area (Å²) < 4.78 is 10.7. The van der Waals surface area contributed by atoms with Crippen molar-refractivity contribution in [3.8, 4) is 0 Å². The number of hydrogen-bond donors (Lipinski definition) is 0. The minimum Gasteiger partial charge on any atom is -0.464 e. The normalized spacial score (nSPS) is 19.8. The minimum atomic E-state index is 0.0760. The first-order valence-corrected chi connectivity index (χ1v) is 7.26. The van der Waals surface area contributed by atoms with Crippen molar-refractivity contribution < 1.29 is 13.9 Å². The number of hydrogen-bond acceptors (Lipinski definition) is 5. The Balaban J connectivity index is 1.45. The van der Waals surface area contributed by atoms with Crippen LogP contribution >= 0.6 is 0 Å². The maximum atomic E-state index is 12.4. The summed E-state index contributed by atoms with van der Waals surface area (Å²) >= 11 is 0. The summed E-state index contributed by atoms with van der Waals surface area (Å²) in [7, 11) is 0. The summed E-state index contributed by atoms with van der Waals surface area (Å²) in [6.45, 7) is 4.19. The van der Waals surface area contributed by atoms with Crippen LogP contribution < -0.4 is 4.90 Å². The zero-order valence-electron chi connectivity index (χ0n) is 11.7. The number of amides is 1. The number of carbonyl (C=O) groups is 1. The number of pyridine rings is 1. The fourth-order valence-corrected chi connectivity index (χ4v) is 2.98. The van der Waals surface area contributed by atoms with Gasteiger partial charge in [-0.1, -0.05) is 0 Å². The van der Waals surface area contributed by atoms with Gasteiger partial charge in [0.25, 0.3) is 0 Å². The van der Waals surface area contributed by atoms with Gasteiger partial charge >= 0.3 is 0 Å². The van der Waals surface area contributed by atoms with Crippen molar-refractivity contribution in [2.75, 3.05) is 44.3 Å². The highest BCUT2D eigenvalue weighted by atomic mass is 16.5. The molecule has 6 nitrogen and oxygen atoms in total. The molecule has 0 N–H and O–H groups in total. The third kappa shape index (κ3) is 2.15. The first-order valence-electron chi connectivity index (χ1n) is 7.26. The van der Waals surface area contributed by atoms with Crippen LogP contribution in [0.4, 0.5) is 5.82 Å². The molecule has 0 bridgehead atoms. The summed E-state index contributed by atoms with van der Waals surface area (Å²) in [5.41, 5.74) is 0.836. The van der Waals surface area contributed by atoms with Gasteiger partial charge in [-0.25, -0.2) is 4.98 Å². The molecule has 4 rings (SSSR count). The molecule has 0 saturated carbocycles. The van der Waals surface area contributed by atoms with Crippen LogP contribution in [0.5, 0.6) is 0 Å². The molecule has 1 amide bonds. The van der Waals surface area contributed by atoms with E-state index in [2.05, 4.69) is 9.88 Å². The summed E-state index contributed by atoms with van der Waals surface area (Å²) in [6.07, 6.45) is 3.42. The van der Waals surface area contributed by atoms with Crippen molar-refractivity contribution >= 4 is 22.7 Å². The third-order valence-corrected chi connectivity index (χ3v) is 4.21. The average molecular weight is 287 g/mol. The number of fused-ring (bicyclic) bond motifs is 1. The predicted octanol–water partition coefficient (Wildman–Crippen LogP) is 1.12. The van der Waals surface area contributed by atoms with E-state index in [1.165, 1.54) is 0 Å². The van der Waals surface area contributed by atoms with Crippen LogP contribution in [0.1, 0.15) is 0 Å². The highest BCUT2D eigenvalue weighted by Gasteiger charge is 2.37. The fraction of sp³-hybridized carbons (Fsp3) is 0.467. The number of morpholine rings is 1. The molecule has 0 radical (unpaired) electrons. The van der Waals surface area contributed by atoms with E-state index < -0.39 is 0 Å². The first kappa shape index (κ1) is 12.6.